The van der Waals surface area contributed by atoms with E-state index in [0.717, 1.165) is 34.1 Å². The summed E-state index contributed by atoms with van der Waals surface area (Å²) in [6, 6.07) is 19.8. The molecule has 0 aliphatic carbocycles. The van der Waals surface area contributed by atoms with E-state index in [2.05, 4.69) is 25.1 Å². The number of carbonyl (C=O) groups is 1. The molecular weight excluding hydrogens is 308 g/mol. The van der Waals surface area contributed by atoms with Gasteiger partial charge in [0.25, 0.3) is 0 Å². The Morgan fingerprint density at radius 2 is 1.76 bits per heavy atom. The van der Waals surface area contributed by atoms with Crippen LogP contribution in [0.4, 0.5) is 0 Å². The van der Waals surface area contributed by atoms with Crippen LogP contribution in [0.2, 0.25) is 0 Å². The van der Waals surface area contributed by atoms with E-state index in [1.54, 1.807) is 6.08 Å². The first-order valence-electron chi connectivity index (χ1n) is 8.62. The first-order valence-corrected chi connectivity index (χ1v) is 8.62. The molecule has 3 aromatic carbocycles. The fraction of sp³-hybridized carbons (Fsp3) is 0.174. The minimum Gasteiger partial charge on any atom is -0.493 e. The third-order valence-corrected chi connectivity index (χ3v) is 4.13. The van der Waals surface area contributed by atoms with Crippen LogP contribution in [0.1, 0.15) is 34.8 Å². The van der Waals surface area contributed by atoms with Crippen LogP contribution in [0.5, 0.6) is 5.75 Å². The SMILES string of the molecule is CCCOc1ccc2ccccc2c1/C=C/C(=O)c1ccc(C)cc1. The number of aryl methyl sites for hydroxylation is 1. The van der Waals surface area contributed by atoms with Crippen molar-refractivity contribution in [2.45, 2.75) is 20.3 Å². The lowest BCUT2D eigenvalue weighted by Crippen LogP contribution is -1.98. The predicted octanol–water partition coefficient (Wildman–Crippen LogP) is 5.83. The number of rotatable bonds is 6. The minimum absolute atomic E-state index is 0.00521. The van der Waals surface area contributed by atoms with E-state index in [0.29, 0.717) is 12.2 Å². The van der Waals surface area contributed by atoms with Gasteiger partial charge in [-0.25, -0.2) is 0 Å². The summed E-state index contributed by atoms with van der Waals surface area (Å²) in [5.41, 5.74) is 2.79. The number of fused-ring (bicyclic) bond motifs is 1. The van der Waals surface area contributed by atoms with Gasteiger partial charge >= 0.3 is 0 Å². The van der Waals surface area contributed by atoms with E-state index in [-0.39, 0.29) is 5.78 Å². The smallest absolute Gasteiger partial charge is 0.185 e. The molecule has 3 aromatic rings. The van der Waals surface area contributed by atoms with Crippen LogP contribution < -0.4 is 4.74 Å². The molecule has 2 heteroatoms. The maximum Gasteiger partial charge on any atom is 0.185 e. The molecule has 0 aliphatic heterocycles. The van der Waals surface area contributed by atoms with Crippen molar-refractivity contribution >= 4 is 22.6 Å². The van der Waals surface area contributed by atoms with Crippen molar-refractivity contribution in [3.8, 4) is 5.75 Å². The van der Waals surface area contributed by atoms with Gasteiger partial charge in [-0.15, -0.1) is 0 Å². The Bertz CT molecular complexity index is 905. The highest BCUT2D eigenvalue weighted by Crippen LogP contribution is 2.29. The summed E-state index contributed by atoms with van der Waals surface area (Å²) in [5.74, 6) is 0.808. The van der Waals surface area contributed by atoms with Gasteiger partial charge in [-0.05, 0) is 42.3 Å². The number of carbonyl (C=O) groups excluding carboxylic acids is 1. The molecular formula is C23H22O2. The number of hydrogen-bond donors (Lipinski definition) is 0. The summed E-state index contributed by atoms with van der Waals surface area (Å²) < 4.78 is 5.89. The lowest BCUT2D eigenvalue weighted by atomic mass is 10.0. The van der Waals surface area contributed by atoms with Gasteiger partial charge in [0, 0.05) is 11.1 Å². The molecule has 0 atom stereocenters. The van der Waals surface area contributed by atoms with Crippen molar-refractivity contribution in [3.05, 3.63) is 83.4 Å². The molecule has 0 radical (unpaired) electrons. The van der Waals surface area contributed by atoms with E-state index in [9.17, 15) is 4.79 Å². The standard InChI is InChI=1S/C23H22O2/c1-3-16-25-23-15-12-18-6-4-5-7-20(18)21(23)13-14-22(24)19-10-8-17(2)9-11-19/h4-15H,3,16H2,1-2H3/b14-13+. The lowest BCUT2D eigenvalue weighted by molar-refractivity contribution is 0.104. The van der Waals surface area contributed by atoms with Gasteiger partial charge in [-0.2, -0.15) is 0 Å². The van der Waals surface area contributed by atoms with Crippen LogP contribution in [0.15, 0.2) is 66.7 Å². The quantitative estimate of drug-likeness (QED) is 0.419. The molecule has 0 heterocycles. The summed E-state index contributed by atoms with van der Waals surface area (Å²) >= 11 is 0. The highest BCUT2D eigenvalue weighted by atomic mass is 16.5. The van der Waals surface area contributed by atoms with Crippen molar-refractivity contribution in [3.63, 3.8) is 0 Å². The second-order valence-corrected chi connectivity index (χ2v) is 6.11. The van der Waals surface area contributed by atoms with Crippen molar-refractivity contribution < 1.29 is 9.53 Å². The molecule has 0 bridgehead atoms. The van der Waals surface area contributed by atoms with Gasteiger partial charge < -0.3 is 4.74 Å². The monoisotopic (exact) mass is 330 g/mol. The highest BCUT2D eigenvalue weighted by molar-refractivity contribution is 6.08. The number of ether oxygens (including phenoxy) is 1. The summed E-state index contributed by atoms with van der Waals surface area (Å²) in [5, 5.41) is 2.22. The maximum absolute atomic E-state index is 12.5. The zero-order chi connectivity index (χ0) is 17.6. The second kappa shape index (κ2) is 7.80. The van der Waals surface area contributed by atoms with Crippen LogP contribution in [0.25, 0.3) is 16.8 Å². The average molecular weight is 330 g/mol. The molecule has 25 heavy (non-hydrogen) atoms. The Labute approximate surface area is 148 Å². The van der Waals surface area contributed by atoms with Gasteiger partial charge in [0.05, 0.1) is 6.61 Å². The van der Waals surface area contributed by atoms with Crippen molar-refractivity contribution in [2.24, 2.45) is 0 Å². The lowest BCUT2D eigenvalue weighted by Gasteiger charge is -2.11. The normalized spacial score (nSPS) is 11.1. The van der Waals surface area contributed by atoms with Gasteiger partial charge in [0.15, 0.2) is 5.78 Å². The number of ketones is 1. The third-order valence-electron chi connectivity index (χ3n) is 4.13. The van der Waals surface area contributed by atoms with Gasteiger partial charge in [-0.1, -0.05) is 67.1 Å². The number of benzene rings is 3. The highest BCUT2D eigenvalue weighted by Gasteiger charge is 2.08. The van der Waals surface area contributed by atoms with Crippen LogP contribution in [-0.2, 0) is 0 Å². The summed E-state index contributed by atoms with van der Waals surface area (Å²) in [7, 11) is 0. The van der Waals surface area contributed by atoms with Crippen LogP contribution >= 0.6 is 0 Å². The molecule has 0 N–H and O–H groups in total. The molecule has 0 saturated heterocycles. The summed E-state index contributed by atoms with van der Waals surface area (Å²) in [6.07, 6.45) is 4.44. The molecule has 0 unspecified atom stereocenters. The first-order chi connectivity index (χ1) is 12.2. The van der Waals surface area contributed by atoms with E-state index in [1.165, 1.54) is 0 Å². The van der Waals surface area contributed by atoms with Gasteiger partial charge in [0.1, 0.15) is 5.75 Å². The van der Waals surface area contributed by atoms with E-state index in [4.69, 9.17) is 4.74 Å². The zero-order valence-electron chi connectivity index (χ0n) is 14.7. The van der Waals surface area contributed by atoms with Crippen molar-refractivity contribution in [1.82, 2.24) is 0 Å². The van der Waals surface area contributed by atoms with Gasteiger partial charge in [-0.3, -0.25) is 4.79 Å². The Balaban J connectivity index is 1.97. The predicted molar refractivity (Wildman–Crippen MR) is 104 cm³/mol. The molecule has 0 saturated carbocycles. The Kier molecular flexibility index (Phi) is 5.30. The Morgan fingerprint density at radius 1 is 1.00 bits per heavy atom. The third kappa shape index (κ3) is 3.97. The molecule has 0 aliphatic rings. The zero-order valence-corrected chi connectivity index (χ0v) is 14.7. The maximum atomic E-state index is 12.5. The topological polar surface area (TPSA) is 26.3 Å². The fourth-order valence-corrected chi connectivity index (χ4v) is 2.76. The molecule has 2 nitrogen and oxygen atoms in total. The summed E-state index contributed by atoms with van der Waals surface area (Å²) in [4.78, 5) is 12.5. The van der Waals surface area contributed by atoms with Crippen molar-refractivity contribution in [2.75, 3.05) is 6.61 Å². The van der Waals surface area contributed by atoms with E-state index < -0.39 is 0 Å². The molecule has 0 amide bonds. The summed E-state index contributed by atoms with van der Waals surface area (Å²) in [6.45, 7) is 4.75. The van der Waals surface area contributed by atoms with Crippen LogP contribution in [-0.4, -0.2) is 12.4 Å². The van der Waals surface area contributed by atoms with E-state index in [1.807, 2.05) is 55.5 Å². The number of allylic oxidation sites excluding steroid dienone is 1. The van der Waals surface area contributed by atoms with E-state index >= 15 is 0 Å². The molecule has 0 aromatic heterocycles. The van der Waals surface area contributed by atoms with Crippen LogP contribution in [0.3, 0.4) is 0 Å². The molecule has 0 spiro atoms. The van der Waals surface area contributed by atoms with Gasteiger partial charge in [0.2, 0.25) is 0 Å². The Morgan fingerprint density at radius 3 is 2.52 bits per heavy atom. The molecule has 0 fully saturated rings. The van der Waals surface area contributed by atoms with Crippen molar-refractivity contribution in [1.29, 1.82) is 0 Å². The second-order valence-electron chi connectivity index (χ2n) is 6.11. The van der Waals surface area contributed by atoms with Crippen LogP contribution in [0, 0.1) is 6.92 Å². The largest absolute Gasteiger partial charge is 0.493 e. The number of hydrogen-bond acceptors (Lipinski definition) is 2. The fourth-order valence-electron chi connectivity index (χ4n) is 2.76. The molecule has 3 rings (SSSR count). The Hall–Kier alpha value is -2.87. The minimum atomic E-state index is -0.00521. The first kappa shape index (κ1) is 17.0. The average Bonchev–Trinajstić information content (AvgIpc) is 2.65. The molecule has 126 valence electrons.